The fraction of sp³-hybridized carbons (Fsp3) is 0.300. The summed E-state index contributed by atoms with van der Waals surface area (Å²) in [6.07, 6.45) is 0. The average Bonchev–Trinajstić information content (AvgIpc) is 1.98. The summed E-state index contributed by atoms with van der Waals surface area (Å²) in [5.74, 6) is -0.484. The van der Waals surface area contributed by atoms with Gasteiger partial charge in [-0.15, -0.1) is 0 Å². The molecule has 0 bridgehead atoms. The summed E-state index contributed by atoms with van der Waals surface area (Å²) in [5.41, 5.74) is 0.332. The first-order valence-corrected chi connectivity index (χ1v) is 4.89. The van der Waals surface area contributed by atoms with E-state index in [1.807, 2.05) is 13.8 Å². The minimum Gasteiger partial charge on any atom is -0.336 e. The highest BCUT2D eigenvalue weighted by Crippen LogP contribution is 2.17. The first kappa shape index (κ1) is 11.8. The first-order valence-electron chi connectivity index (χ1n) is 4.51. The van der Waals surface area contributed by atoms with Crippen LogP contribution in [0.4, 0.5) is 14.9 Å². The van der Waals surface area contributed by atoms with E-state index in [1.54, 1.807) is 0 Å². The van der Waals surface area contributed by atoms with Crippen molar-refractivity contribution in [3.63, 3.8) is 0 Å². The molecule has 5 heteroatoms. The maximum absolute atomic E-state index is 12.9. The Morgan fingerprint density at radius 1 is 1.40 bits per heavy atom. The largest absolute Gasteiger partial charge is 0.336 e. The van der Waals surface area contributed by atoms with Gasteiger partial charge in [-0.1, -0.05) is 11.6 Å². The number of amides is 2. The number of halogens is 2. The Labute approximate surface area is 92.6 Å². The second-order valence-corrected chi connectivity index (χ2v) is 3.85. The van der Waals surface area contributed by atoms with Crippen LogP contribution >= 0.6 is 11.6 Å². The van der Waals surface area contributed by atoms with Crippen LogP contribution in [0.2, 0.25) is 5.02 Å². The molecule has 0 saturated heterocycles. The molecule has 0 spiro atoms. The van der Waals surface area contributed by atoms with Gasteiger partial charge in [-0.3, -0.25) is 0 Å². The molecule has 2 N–H and O–H groups in total. The van der Waals surface area contributed by atoms with Gasteiger partial charge >= 0.3 is 6.03 Å². The topological polar surface area (TPSA) is 41.1 Å². The lowest BCUT2D eigenvalue weighted by Gasteiger charge is -2.10. The smallest absolute Gasteiger partial charge is 0.319 e. The lowest BCUT2D eigenvalue weighted by Crippen LogP contribution is -2.34. The summed E-state index contributed by atoms with van der Waals surface area (Å²) in [6.45, 7) is 3.66. The summed E-state index contributed by atoms with van der Waals surface area (Å²) < 4.78 is 12.9. The second-order valence-electron chi connectivity index (χ2n) is 3.41. The predicted octanol–water partition coefficient (Wildman–Crippen LogP) is 3.01. The number of rotatable bonds is 2. The molecule has 0 atom stereocenters. The molecule has 1 aromatic rings. The van der Waals surface area contributed by atoms with Gasteiger partial charge in [0.05, 0.1) is 0 Å². The molecular weight excluding hydrogens is 219 g/mol. The minimum atomic E-state index is -0.484. The fourth-order valence-corrected chi connectivity index (χ4v) is 1.28. The third kappa shape index (κ3) is 4.16. The quantitative estimate of drug-likeness (QED) is 0.806. The summed E-state index contributed by atoms with van der Waals surface area (Å²) in [5, 5.41) is 5.34. The molecule has 0 aromatic heterocycles. The molecule has 0 aliphatic heterocycles. The van der Waals surface area contributed by atoms with Gasteiger partial charge in [0.15, 0.2) is 0 Å². The molecule has 0 unspecified atom stereocenters. The maximum Gasteiger partial charge on any atom is 0.319 e. The number of carbonyl (C=O) groups excluding carboxylic acids is 1. The van der Waals surface area contributed by atoms with Crippen molar-refractivity contribution in [2.75, 3.05) is 5.32 Å². The van der Waals surface area contributed by atoms with Crippen molar-refractivity contribution in [3.8, 4) is 0 Å². The molecule has 2 amide bonds. The predicted molar refractivity (Wildman–Crippen MR) is 58.7 cm³/mol. The molecule has 82 valence electrons. The molecule has 0 saturated carbocycles. The van der Waals surface area contributed by atoms with E-state index in [4.69, 9.17) is 11.6 Å². The van der Waals surface area contributed by atoms with Crippen molar-refractivity contribution in [2.45, 2.75) is 19.9 Å². The zero-order chi connectivity index (χ0) is 11.4. The van der Waals surface area contributed by atoms with Gasteiger partial charge in [0.1, 0.15) is 5.82 Å². The SMILES string of the molecule is CC(C)NC(=O)Nc1cc(F)cc(Cl)c1. The lowest BCUT2D eigenvalue weighted by molar-refractivity contribution is 0.250. The minimum absolute atomic E-state index is 0.0223. The van der Waals surface area contributed by atoms with E-state index < -0.39 is 5.82 Å². The number of urea groups is 1. The Hall–Kier alpha value is -1.29. The number of anilines is 1. The number of carbonyl (C=O) groups is 1. The van der Waals surface area contributed by atoms with Gasteiger partial charge in [0, 0.05) is 16.8 Å². The summed E-state index contributed by atoms with van der Waals surface area (Å²) in [6, 6.07) is 3.49. The molecule has 15 heavy (non-hydrogen) atoms. The maximum atomic E-state index is 12.9. The molecule has 0 fully saturated rings. The van der Waals surface area contributed by atoms with Crippen LogP contribution < -0.4 is 10.6 Å². The van der Waals surface area contributed by atoms with E-state index in [-0.39, 0.29) is 17.1 Å². The first-order chi connectivity index (χ1) is 6.97. The molecule has 0 radical (unpaired) electrons. The Bertz CT molecular complexity index is 348. The van der Waals surface area contributed by atoms with Crippen LogP contribution in [0.3, 0.4) is 0 Å². The van der Waals surface area contributed by atoms with Crippen LogP contribution in [0.15, 0.2) is 18.2 Å². The van der Waals surface area contributed by atoms with Gasteiger partial charge in [-0.25, -0.2) is 9.18 Å². The number of nitrogens with one attached hydrogen (secondary N) is 2. The summed E-state index contributed by atoms with van der Waals surface area (Å²) in [7, 11) is 0. The third-order valence-corrected chi connectivity index (χ3v) is 1.76. The van der Waals surface area contributed by atoms with Gasteiger partial charge in [0.2, 0.25) is 0 Å². The van der Waals surface area contributed by atoms with E-state index in [2.05, 4.69) is 10.6 Å². The van der Waals surface area contributed by atoms with Crippen molar-refractivity contribution in [3.05, 3.63) is 29.0 Å². The average molecular weight is 231 g/mol. The van der Waals surface area contributed by atoms with Crippen LogP contribution in [-0.2, 0) is 0 Å². The standard InChI is InChI=1S/C10H12ClFN2O/c1-6(2)13-10(15)14-9-4-7(11)3-8(12)5-9/h3-6H,1-2H3,(H2,13,14,15). The Morgan fingerprint density at radius 2 is 2.07 bits per heavy atom. The van der Waals surface area contributed by atoms with E-state index in [1.165, 1.54) is 18.2 Å². The molecular formula is C10H12ClFN2O. The zero-order valence-corrected chi connectivity index (χ0v) is 9.23. The number of benzene rings is 1. The zero-order valence-electron chi connectivity index (χ0n) is 8.47. The lowest BCUT2D eigenvalue weighted by atomic mass is 10.3. The highest BCUT2D eigenvalue weighted by Gasteiger charge is 2.05. The molecule has 0 aliphatic carbocycles. The van der Waals surface area contributed by atoms with Crippen LogP contribution in [0.25, 0.3) is 0 Å². The highest BCUT2D eigenvalue weighted by atomic mass is 35.5. The van der Waals surface area contributed by atoms with E-state index in [9.17, 15) is 9.18 Å². The molecule has 3 nitrogen and oxygen atoms in total. The van der Waals surface area contributed by atoms with Crippen LogP contribution in [-0.4, -0.2) is 12.1 Å². The fourth-order valence-electron chi connectivity index (χ4n) is 1.06. The van der Waals surface area contributed by atoms with Gasteiger partial charge in [0.25, 0.3) is 0 Å². The molecule has 1 rings (SSSR count). The van der Waals surface area contributed by atoms with Crippen molar-refractivity contribution < 1.29 is 9.18 Å². The monoisotopic (exact) mass is 230 g/mol. The third-order valence-electron chi connectivity index (χ3n) is 1.54. The molecule has 0 aliphatic rings. The van der Waals surface area contributed by atoms with Crippen molar-refractivity contribution >= 4 is 23.3 Å². The van der Waals surface area contributed by atoms with Gasteiger partial charge in [-0.05, 0) is 32.0 Å². The van der Waals surface area contributed by atoms with Gasteiger partial charge < -0.3 is 10.6 Å². The molecule has 0 heterocycles. The Morgan fingerprint density at radius 3 is 2.60 bits per heavy atom. The number of hydrogen-bond donors (Lipinski definition) is 2. The van der Waals surface area contributed by atoms with Crippen LogP contribution in [0.1, 0.15) is 13.8 Å². The normalized spacial score (nSPS) is 10.2. The van der Waals surface area contributed by atoms with Crippen molar-refractivity contribution in [1.29, 1.82) is 0 Å². The summed E-state index contributed by atoms with van der Waals surface area (Å²) >= 11 is 5.63. The van der Waals surface area contributed by atoms with Crippen molar-refractivity contribution in [1.82, 2.24) is 5.32 Å². The Kier molecular flexibility index (Phi) is 3.91. The van der Waals surface area contributed by atoms with E-state index >= 15 is 0 Å². The molecule has 1 aromatic carbocycles. The van der Waals surface area contributed by atoms with Gasteiger partial charge in [-0.2, -0.15) is 0 Å². The van der Waals surface area contributed by atoms with Crippen LogP contribution in [0, 0.1) is 5.82 Å². The van der Waals surface area contributed by atoms with E-state index in [0.717, 1.165) is 0 Å². The number of hydrogen-bond acceptors (Lipinski definition) is 1. The highest BCUT2D eigenvalue weighted by molar-refractivity contribution is 6.30. The second kappa shape index (κ2) is 4.98. The summed E-state index contributed by atoms with van der Waals surface area (Å²) in [4.78, 5) is 11.3. The van der Waals surface area contributed by atoms with Crippen molar-refractivity contribution in [2.24, 2.45) is 0 Å². The van der Waals surface area contributed by atoms with E-state index in [0.29, 0.717) is 5.69 Å². The van der Waals surface area contributed by atoms with Crippen LogP contribution in [0.5, 0.6) is 0 Å². The Balaban J connectivity index is 2.68.